The van der Waals surface area contributed by atoms with Crippen molar-refractivity contribution in [2.45, 2.75) is 63.6 Å². The Morgan fingerprint density at radius 1 is 1.19 bits per heavy atom. The molecule has 0 unspecified atom stereocenters. The Hall–Kier alpha value is -3.07. The van der Waals surface area contributed by atoms with Crippen molar-refractivity contribution >= 4 is 23.2 Å². The molecule has 4 rings (SSSR count). The molecule has 2 aliphatic rings. The summed E-state index contributed by atoms with van der Waals surface area (Å²) >= 11 is 0. The molecule has 0 radical (unpaired) electrons. The van der Waals surface area contributed by atoms with Crippen LogP contribution in [0.5, 0.6) is 5.75 Å². The van der Waals surface area contributed by atoms with Crippen LogP contribution in [0, 0.1) is 0 Å². The van der Waals surface area contributed by atoms with Gasteiger partial charge in [0.1, 0.15) is 11.4 Å². The minimum absolute atomic E-state index is 0.177. The van der Waals surface area contributed by atoms with Gasteiger partial charge in [-0.05, 0) is 57.9 Å². The number of carbonyl (C=O) groups is 2. The van der Waals surface area contributed by atoms with E-state index < -0.39 is 30.1 Å². The SMILES string of the molecule is COc1ccc2nccc([C@H]3OC(=O)O[C@@H]3[C@@H]3CC[C@@H](NC(=O)OC(C)(C)C)CO3)c2c1. The number of amides is 1. The summed E-state index contributed by atoms with van der Waals surface area (Å²) in [6, 6.07) is 7.19. The molecule has 172 valence electrons. The number of cyclic esters (lactones) is 2. The monoisotopic (exact) mass is 444 g/mol. The van der Waals surface area contributed by atoms with E-state index in [0.29, 0.717) is 18.6 Å². The summed E-state index contributed by atoms with van der Waals surface area (Å²) in [5.41, 5.74) is 0.972. The maximum absolute atomic E-state index is 12.1. The summed E-state index contributed by atoms with van der Waals surface area (Å²) in [5, 5.41) is 3.65. The molecule has 1 amide bonds. The Labute approximate surface area is 186 Å². The molecule has 2 saturated heterocycles. The van der Waals surface area contributed by atoms with Crippen molar-refractivity contribution in [1.29, 1.82) is 0 Å². The fraction of sp³-hybridized carbons (Fsp3) is 0.522. The fourth-order valence-corrected chi connectivity index (χ4v) is 4.02. The van der Waals surface area contributed by atoms with Gasteiger partial charge in [-0.3, -0.25) is 4.98 Å². The summed E-state index contributed by atoms with van der Waals surface area (Å²) in [7, 11) is 1.59. The van der Waals surface area contributed by atoms with Gasteiger partial charge in [-0.25, -0.2) is 9.59 Å². The second kappa shape index (κ2) is 8.82. The molecule has 0 aliphatic carbocycles. The van der Waals surface area contributed by atoms with E-state index in [1.54, 1.807) is 13.3 Å². The van der Waals surface area contributed by atoms with Crippen molar-refractivity contribution in [1.82, 2.24) is 10.3 Å². The smallest absolute Gasteiger partial charge is 0.497 e. The third-order valence-electron chi connectivity index (χ3n) is 5.44. The van der Waals surface area contributed by atoms with Gasteiger partial charge >= 0.3 is 12.2 Å². The molecule has 2 aromatic rings. The number of ether oxygens (including phenoxy) is 5. The van der Waals surface area contributed by atoms with Crippen LogP contribution in [-0.2, 0) is 18.9 Å². The summed E-state index contributed by atoms with van der Waals surface area (Å²) in [6.45, 7) is 5.72. The molecule has 32 heavy (non-hydrogen) atoms. The standard InChI is InChI=1S/C23H28N2O7/c1-23(2,3)32-21(26)25-13-5-8-18(29-12-13)20-19(30-22(27)31-20)15-9-10-24-17-7-6-14(28-4)11-16(15)17/h6-7,9-11,13,18-20H,5,8,12H2,1-4H3,(H,25,26)/t13-,18+,19-,20-/m1/s1. The minimum atomic E-state index is -0.731. The van der Waals surface area contributed by atoms with Gasteiger partial charge in [0.15, 0.2) is 12.2 Å². The zero-order chi connectivity index (χ0) is 22.9. The zero-order valence-electron chi connectivity index (χ0n) is 18.6. The maximum atomic E-state index is 12.1. The largest absolute Gasteiger partial charge is 0.509 e. The van der Waals surface area contributed by atoms with Crippen LogP contribution in [0.3, 0.4) is 0 Å². The van der Waals surface area contributed by atoms with Gasteiger partial charge in [-0.1, -0.05) is 0 Å². The van der Waals surface area contributed by atoms with Gasteiger partial charge < -0.3 is 29.0 Å². The number of carbonyl (C=O) groups excluding carboxylic acids is 2. The van der Waals surface area contributed by atoms with Crippen LogP contribution in [0.25, 0.3) is 10.9 Å². The van der Waals surface area contributed by atoms with E-state index in [1.165, 1.54) is 0 Å². The topological polar surface area (TPSA) is 105 Å². The quantitative estimate of drug-likeness (QED) is 0.708. The predicted octanol–water partition coefficient (Wildman–Crippen LogP) is 3.89. The van der Waals surface area contributed by atoms with E-state index >= 15 is 0 Å². The van der Waals surface area contributed by atoms with Gasteiger partial charge in [-0.15, -0.1) is 0 Å². The molecule has 4 atom stereocenters. The lowest BCUT2D eigenvalue weighted by molar-refractivity contribution is -0.0743. The molecule has 2 aliphatic heterocycles. The number of hydrogen-bond donors (Lipinski definition) is 1. The highest BCUT2D eigenvalue weighted by molar-refractivity contribution is 5.84. The van der Waals surface area contributed by atoms with Crippen LogP contribution in [0.4, 0.5) is 9.59 Å². The van der Waals surface area contributed by atoms with E-state index in [4.69, 9.17) is 23.7 Å². The number of methoxy groups -OCH3 is 1. The van der Waals surface area contributed by atoms with Gasteiger partial charge in [0.2, 0.25) is 0 Å². The number of rotatable bonds is 4. The second-order valence-electron chi connectivity index (χ2n) is 8.95. The highest BCUT2D eigenvalue weighted by Crippen LogP contribution is 2.39. The molecule has 9 nitrogen and oxygen atoms in total. The van der Waals surface area contributed by atoms with Crippen molar-refractivity contribution in [3.05, 3.63) is 36.0 Å². The number of nitrogens with zero attached hydrogens (tertiary/aromatic N) is 1. The van der Waals surface area contributed by atoms with E-state index in [0.717, 1.165) is 16.5 Å². The normalized spacial score (nSPS) is 25.7. The van der Waals surface area contributed by atoms with E-state index in [-0.39, 0.29) is 18.8 Å². The third-order valence-corrected chi connectivity index (χ3v) is 5.44. The first-order valence-corrected chi connectivity index (χ1v) is 10.6. The van der Waals surface area contributed by atoms with Gasteiger partial charge in [0.05, 0.1) is 31.4 Å². The summed E-state index contributed by atoms with van der Waals surface area (Å²) in [6.07, 6.45) is 0.107. The highest BCUT2D eigenvalue weighted by atomic mass is 16.8. The Morgan fingerprint density at radius 2 is 2.00 bits per heavy atom. The molecule has 0 bridgehead atoms. The molecular weight excluding hydrogens is 416 g/mol. The van der Waals surface area contributed by atoms with Gasteiger partial charge in [0, 0.05) is 17.1 Å². The van der Waals surface area contributed by atoms with Crippen molar-refractivity contribution < 1.29 is 33.3 Å². The lowest BCUT2D eigenvalue weighted by Crippen LogP contribution is -2.47. The number of pyridine rings is 1. The van der Waals surface area contributed by atoms with Crippen LogP contribution < -0.4 is 10.1 Å². The Balaban J connectivity index is 1.47. The van der Waals surface area contributed by atoms with Crippen molar-refractivity contribution in [3.63, 3.8) is 0 Å². The number of alkyl carbamates (subject to hydrolysis) is 1. The molecule has 0 spiro atoms. The van der Waals surface area contributed by atoms with Crippen LogP contribution in [0.1, 0.15) is 45.3 Å². The van der Waals surface area contributed by atoms with Crippen LogP contribution in [0.15, 0.2) is 30.5 Å². The molecule has 3 heterocycles. The van der Waals surface area contributed by atoms with E-state index in [9.17, 15) is 9.59 Å². The Bertz CT molecular complexity index is 995. The second-order valence-corrected chi connectivity index (χ2v) is 8.95. The molecule has 2 fully saturated rings. The number of benzene rings is 1. The molecular formula is C23H28N2O7. The molecule has 0 saturated carbocycles. The third kappa shape index (κ3) is 4.88. The number of aromatic nitrogens is 1. The van der Waals surface area contributed by atoms with Crippen molar-refractivity contribution in [2.75, 3.05) is 13.7 Å². The maximum Gasteiger partial charge on any atom is 0.509 e. The fourth-order valence-electron chi connectivity index (χ4n) is 4.02. The summed E-state index contributed by atoms with van der Waals surface area (Å²) in [5.74, 6) is 0.679. The van der Waals surface area contributed by atoms with E-state index in [1.807, 2.05) is 45.0 Å². The van der Waals surface area contributed by atoms with Crippen LogP contribution in [0.2, 0.25) is 0 Å². The molecule has 1 N–H and O–H groups in total. The van der Waals surface area contributed by atoms with Crippen molar-refractivity contribution in [2.24, 2.45) is 0 Å². The first-order chi connectivity index (χ1) is 15.2. The minimum Gasteiger partial charge on any atom is -0.497 e. The Kier molecular flexibility index (Phi) is 6.10. The zero-order valence-corrected chi connectivity index (χ0v) is 18.6. The average Bonchev–Trinajstić information content (AvgIpc) is 3.13. The van der Waals surface area contributed by atoms with Crippen LogP contribution in [-0.4, -0.2) is 54.8 Å². The lowest BCUT2D eigenvalue weighted by atomic mass is 9.93. The average molecular weight is 444 g/mol. The van der Waals surface area contributed by atoms with Crippen molar-refractivity contribution in [3.8, 4) is 5.75 Å². The van der Waals surface area contributed by atoms with Gasteiger partial charge in [-0.2, -0.15) is 0 Å². The Morgan fingerprint density at radius 3 is 2.69 bits per heavy atom. The van der Waals surface area contributed by atoms with E-state index in [2.05, 4.69) is 10.3 Å². The summed E-state index contributed by atoms with van der Waals surface area (Å²) < 4.78 is 27.7. The lowest BCUT2D eigenvalue weighted by Gasteiger charge is -2.33. The predicted molar refractivity (Wildman–Crippen MR) is 115 cm³/mol. The first-order valence-electron chi connectivity index (χ1n) is 10.6. The number of nitrogens with one attached hydrogen (secondary N) is 1. The van der Waals surface area contributed by atoms with Gasteiger partial charge in [0.25, 0.3) is 0 Å². The molecule has 1 aromatic heterocycles. The van der Waals surface area contributed by atoms with Crippen LogP contribution >= 0.6 is 0 Å². The number of fused-ring (bicyclic) bond motifs is 1. The number of hydrogen-bond acceptors (Lipinski definition) is 8. The summed E-state index contributed by atoms with van der Waals surface area (Å²) in [4.78, 5) is 28.5. The highest BCUT2D eigenvalue weighted by Gasteiger charge is 2.45. The first kappa shape index (κ1) is 22.1. The molecule has 1 aromatic carbocycles. The molecule has 9 heteroatoms.